The Morgan fingerprint density at radius 1 is 0.905 bits per heavy atom. The van der Waals surface area contributed by atoms with E-state index in [0.29, 0.717) is 0 Å². The average molecular weight is 281 g/mol. The van der Waals surface area contributed by atoms with E-state index >= 15 is 0 Å². The number of anilines is 2. The van der Waals surface area contributed by atoms with Crippen molar-refractivity contribution in [1.29, 1.82) is 0 Å². The van der Waals surface area contributed by atoms with Gasteiger partial charge >= 0.3 is 0 Å². The van der Waals surface area contributed by atoms with Crippen LogP contribution in [0.5, 0.6) is 0 Å². The van der Waals surface area contributed by atoms with Gasteiger partial charge in [0.15, 0.2) is 0 Å². The molecule has 0 fully saturated rings. The summed E-state index contributed by atoms with van der Waals surface area (Å²) in [6.45, 7) is 2.85. The first kappa shape index (κ1) is 13.5. The number of carbonyl (C=O) groups is 1. The zero-order valence-electron chi connectivity index (χ0n) is 11.9. The van der Waals surface area contributed by atoms with Gasteiger partial charge in [0.2, 0.25) is 5.91 Å². The molecule has 0 radical (unpaired) electrons. The molecule has 3 rings (SSSR count). The quantitative estimate of drug-likeness (QED) is 0.932. The number of para-hydroxylation sites is 2. The summed E-state index contributed by atoms with van der Waals surface area (Å²) in [6.07, 6.45) is 0. The first-order chi connectivity index (χ1) is 10.2. The normalized spacial score (nSPS) is 13.9. The smallest absolute Gasteiger partial charge is 0.236 e. The van der Waals surface area contributed by atoms with Crippen molar-refractivity contribution in [3.8, 4) is 0 Å². The molecule has 4 nitrogen and oxygen atoms in total. The summed E-state index contributed by atoms with van der Waals surface area (Å²) in [5.41, 5.74) is 8.87. The maximum Gasteiger partial charge on any atom is 0.236 e. The summed E-state index contributed by atoms with van der Waals surface area (Å²) in [7, 11) is 0. The Labute approximate surface area is 124 Å². The number of hydrogen-bond donors (Lipinski definition) is 1. The van der Waals surface area contributed by atoms with Crippen molar-refractivity contribution >= 4 is 17.3 Å². The first-order valence-corrected chi connectivity index (χ1v) is 7.15. The lowest BCUT2D eigenvalue weighted by atomic mass is 10.1. The monoisotopic (exact) mass is 281 g/mol. The molecule has 1 heterocycles. The largest absolute Gasteiger partial charge is 0.368 e. The first-order valence-electron chi connectivity index (χ1n) is 7.15. The summed E-state index contributed by atoms with van der Waals surface area (Å²) in [4.78, 5) is 15.6. The van der Waals surface area contributed by atoms with Crippen LogP contribution in [0.2, 0.25) is 0 Å². The fourth-order valence-electron chi connectivity index (χ4n) is 2.80. The zero-order chi connectivity index (χ0) is 14.7. The van der Waals surface area contributed by atoms with Gasteiger partial charge in [0.1, 0.15) is 0 Å². The summed E-state index contributed by atoms with van der Waals surface area (Å²) < 4.78 is 0. The van der Waals surface area contributed by atoms with Crippen molar-refractivity contribution in [2.45, 2.75) is 6.54 Å². The Hall–Kier alpha value is -2.49. The Morgan fingerprint density at radius 2 is 1.48 bits per heavy atom. The Kier molecular flexibility index (Phi) is 3.77. The molecule has 1 aliphatic heterocycles. The Morgan fingerprint density at radius 3 is 2.14 bits per heavy atom. The molecule has 2 N–H and O–H groups in total. The maximum absolute atomic E-state index is 11.2. The minimum absolute atomic E-state index is 0.274. The zero-order valence-corrected chi connectivity index (χ0v) is 11.9. The van der Waals surface area contributed by atoms with Crippen LogP contribution in [0.4, 0.5) is 11.4 Å². The lowest BCUT2D eigenvalue weighted by Gasteiger charge is -2.38. The third-order valence-corrected chi connectivity index (χ3v) is 3.77. The van der Waals surface area contributed by atoms with E-state index in [2.05, 4.69) is 46.2 Å². The minimum atomic E-state index is -0.290. The minimum Gasteiger partial charge on any atom is -0.368 e. The Balaban J connectivity index is 1.86. The van der Waals surface area contributed by atoms with Gasteiger partial charge in [-0.25, -0.2) is 0 Å². The molecule has 21 heavy (non-hydrogen) atoms. The number of rotatable bonds is 4. The van der Waals surface area contributed by atoms with E-state index in [0.717, 1.165) is 31.0 Å². The highest BCUT2D eigenvalue weighted by molar-refractivity contribution is 5.83. The van der Waals surface area contributed by atoms with Crippen molar-refractivity contribution in [2.24, 2.45) is 5.73 Å². The second kappa shape index (κ2) is 5.87. The number of benzene rings is 2. The van der Waals surface area contributed by atoms with Crippen LogP contribution in [-0.4, -0.2) is 25.5 Å². The van der Waals surface area contributed by atoms with Gasteiger partial charge in [0.05, 0.1) is 17.9 Å². The van der Waals surface area contributed by atoms with E-state index in [9.17, 15) is 4.79 Å². The third-order valence-electron chi connectivity index (χ3n) is 3.77. The van der Waals surface area contributed by atoms with E-state index in [1.165, 1.54) is 5.56 Å². The molecule has 4 heteroatoms. The fourth-order valence-corrected chi connectivity index (χ4v) is 2.80. The lowest BCUT2D eigenvalue weighted by Crippen LogP contribution is -2.44. The highest BCUT2D eigenvalue weighted by atomic mass is 16.1. The van der Waals surface area contributed by atoms with Gasteiger partial charge in [0.25, 0.3) is 0 Å². The molecule has 0 saturated heterocycles. The van der Waals surface area contributed by atoms with Crippen molar-refractivity contribution < 1.29 is 4.79 Å². The van der Waals surface area contributed by atoms with Crippen molar-refractivity contribution in [1.82, 2.24) is 0 Å². The van der Waals surface area contributed by atoms with Crippen LogP contribution < -0.4 is 15.5 Å². The number of carbonyl (C=O) groups excluding carboxylic acids is 1. The predicted molar refractivity (Wildman–Crippen MR) is 85.3 cm³/mol. The number of nitrogens with two attached hydrogens (primary N) is 1. The van der Waals surface area contributed by atoms with E-state index in [-0.39, 0.29) is 12.5 Å². The molecule has 0 spiro atoms. The molecule has 0 saturated carbocycles. The van der Waals surface area contributed by atoms with Crippen molar-refractivity contribution in [3.05, 3.63) is 60.2 Å². The molecule has 0 bridgehead atoms. The van der Waals surface area contributed by atoms with Crippen molar-refractivity contribution in [3.63, 3.8) is 0 Å². The van der Waals surface area contributed by atoms with E-state index in [1.54, 1.807) is 0 Å². The second-order valence-electron chi connectivity index (χ2n) is 5.28. The molecule has 1 aliphatic rings. The van der Waals surface area contributed by atoms with Crippen LogP contribution in [0.1, 0.15) is 5.56 Å². The summed E-state index contributed by atoms with van der Waals surface area (Å²) in [6, 6.07) is 18.6. The molecular weight excluding hydrogens is 262 g/mol. The number of fused-ring (bicyclic) bond motifs is 1. The number of nitrogens with zero attached hydrogens (tertiary/aromatic N) is 2. The summed E-state index contributed by atoms with van der Waals surface area (Å²) in [5.74, 6) is -0.290. The van der Waals surface area contributed by atoms with Crippen LogP contribution >= 0.6 is 0 Å². The molecular formula is C17H19N3O. The van der Waals surface area contributed by atoms with Crippen molar-refractivity contribution in [2.75, 3.05) is 29.4 Å². The molecule has 0 atom stereocenters. The summed E-state index contributed by atoms with van der Waals surface area (Å²) >= 11 is 0. The third kappa shape index (κ3) is 2.99. The molecule has 2 aromatic rings. The highest BCUT2D eigenvalue weighted by Gasteiger charge is 2.22. The number of amides is 1. The van der Waals surface area contributed by atoms with Crippen LogP contribution in [0.15, 0.2) is 54.6 Å². The molecule has 0 unspecified atom stereocenters. The van der Waals surface area contributed by atoms with E-state index in [1.807, 2.05) is 18.2 Å². The van der Waals surface area contributed by atoms with Gasteiger partial charge in [-0.3, -0.25) is 4.79 Å². The second-order valence-corrected chi connectivity index (χ2v) is 5.28. The average Bonchev–Trinajstić information content (AvgIpc) is 2.50. The molecule has 0 aliphatic carbocycles. The van der Waals surface area contributed by atoms with Gasteiger partial charge < -0.3 is 15.5 Å². The highest BCUT2D eigenvalue weighted by Crippen LogP contribution is 2.33. The van der Waals surface area contributed by atoms with Crippen LogP contribution in [0.3, 0.4) is 0 Å². The Bertz CT molecular complexity index is 627. The topological polar surface area (TPSA) is 49.6 Å². The maximum atomic E-state index is 11.2. The van der Waals surface area contributed by atoms with E-state index < -0.39 is 0 Å². The van der Waals surface area contributed by atoms with Gasteiger partial charge in [0, 0.05) is 19.6 Å². The van der Waals surface area contributed by atoms with Gasteiger partial charge in [-0.1, -0.05) is 42.5 Å². The number of hydrogen-bond acceptors (Lipinski definition) is 3. The van der Waals surface area contributed by atoms with Crippen LogP contribution in [0.25, 0.3) is 0 Å². The SMILES string of the molecule is NC(=O)CN1CCN(Cc2ccccc2)c2ccccc21. The standard InChI is InChI=1S/C17H19N3O/c18-17(21)13-20-11-10-19(12-14-6-2-1-3-7-14)15-8-4-5-9-16(15)20/h1-9H,10-13H2,(H2,18,21). The molecule has 2 aromatic carbocycles. The van der Waals surface area contributed by atoms with E-state index in [4.69, 9.17) is 5.73 Å². The van der Waals surface area contributed by atoms with Gasteiger partial charge in [-0.2, -0.15) is 0 Å². The lowest BCUT2D eigenvalue weighted by molar-refractivity contribution is -0.116. The van der Waals surface area contributed by atoms with Gasteiger partial charge in [-0.05, 0) is 17.7 Å². The van der Waals surface area contributed by atoms with Crippen LogP contribution in [-0.2, 0) is 11.3 Å². The fraction of sp³-hybridized carbons (Fsp3) is 0.235. The molecule has 1 amide bonds. The number of primary amides is 1. The van der Waals surface area contributed by atoms with Crippen LogP contribution in [0, 0.1) is 0 Å². The molecule has 108 valence electrons. The van der Waals surface area contributed by atoms with Gasteiger partial charge in [-0.15, -0.1) is 0 Å². The summed E-state index contributed by atoms with van der Waals surface area (Å²) in [5, 5.41) is 0. The predicted octanol–water partition coefficient (Wildman–Crippen LogP) is 2.00. The molecule has 0 aromatic heterocycles.